The fourth-order valence-electron chi connectivity index (χ4n) is 2.95. The molecule has 4 N–H and O–H groups in total. The third-order valence-corrected chi connectivity index (χ3v) is 4.09. The largest absolute Gasteiger partial charge is 0.479 e. The zero-order valence-corrected chi connectivity index (χ0v) is 10.7. The quantitative estimate of drug-likeness (QED) is 0.537. The molecule has 0 radical (unpaired) electrons. The third-order valence-electron chi connectivity index (χ3n) is 4.09. The second-order valence-electron chi connectivity index (χ2n) is 5.35. The van der Waals surface area contributed by atoms with E-state index < -0.39 is 12.1 Å². The normalized spacial score (nSPS) is 31.1. The molecular formula is C12H20N2O5. The van der Waals surface area contributed by atoms with Crippen LogP contribution in [0, 0.1) is 11.8 Å². The Balaban J connectivity index is 1.72. The van der Waals surface area contributed by atoms with Crippen LogP contribution in [0.3, 0.4) is 0 Å². The fourth-order valence-corrected chi connectivity index (χ4v) is 2.95. The molecule has 1 aliphatic carbocycles. The average Bonchev–Trinajstić information content (AvgIpc) is 2.91. The van der Waals surface area contributed by atoms with Crippen LogP contribution in [0.25, 0.3) is 0 Å². The zero-order valence-electron chi connectivity index (χ0n) is 10.7. The topological polar surface area (TPSA) is 110 Å². The smallest absolute Gasteiger partial charge is 0.332 e. The molecule has 108 valence electrons. The number of nitrogens with zero attached hydrogens (tertiary/aromatic N) is 1. The molecule has 2 fully saturated rings. The molecule has 0 aromatic carbocycles. The van der Waals surface area contributed by atoms with Crippen LogP contribution in [-0.2, 0) is 4.79 Å². The summed E-state index contributed by atoms with van der Waals surface area (Å²) in [5, 5.41) is 29.9. The summed E-state index contributed by atoms with van der Waals surface area (Å²) in [7, 11) is 0. The van der Waals surface area contributed by atoms with E-state index in [1.54, 1.807) is 4.90 Å². The van der Waals surface area contributed by atoms with Crippen LogP contribution in [-0.4, -0.2) is 64.1 Å². The number of rotatable bonds is 4. The first-order valence-electron chi connectivity index (χ1n) is 6.60. The number of aliphatic hydroxyl groups excluding tert-OH is 2. The molecule has 0 aromatic heterocycles. The first-order valence-corrected chi connectivity index (χ1v) is 6.60. The van der Waals surface area contributed by atoms with E-state index >= 15 is 0 Å². The number of fused-ring (bicyclic) bond motifs is 1. The van der Waals surface area contributed by atoms with Crippen molar-refractivity contribution in [3.63, 3.8) is 0 Å². The van der Waals surface area contributed by atoms with Gasteiger partial charge in [0.2, 0.25) is 0 Å². The van der Waals surface area contributed by atoms with Crippen molar-refractivity contribution in [1.82, 2.24) is 10.2 Å². The summed E-state index contributed by atoms with van der Waals surface area (Å²) in [4.78, 5) is 23.9. The lowest BCUT2D eigenvalue weighted by Gasteiger charge is -2.19. The van der Waals surface area contributed by atoms with Crippen molar-refractivity contribution < 1.29 is 24.9 Å². The summed E-state index contributed by atoms with van der Waals surface area (Å²) in [6, 6.07) is -0.251. The molecule has 1 heterocycles. The Labute approximate surface area is 111 Å². The lowest BCUT2D eigenvalue weighted by Crippen LogP contribution is -2.41. The number of nitrogens with one attached hydrogen (secondary N) is 1. The molecule has 7 heteroatoms. The Hall–Kier alpha value is -1.34. The van der Waals surface area contributed by atoms with Gasteiger partial charge in [-0.25, -0.2) is 9.59 Å². The Morgan fingerprint density at radius 2 is 2.05 bits per heavy atom. The number of carbonyl (C=O) groups is 2. The maximum absolute atomic E-state index is 11.8. The van der Waals surface area contributed by atoms with Crippen LogP contribution in [0.1, 0.15) is 19.3 Å². The molecule has 7 nitrogen and oxygen atoms in total. The molecule has 0 bridgehead atoms. The highest BCUT2D eigenvalue weighted by molar-refractivity contribution is 5.75. The Kier molecular flexibility index (Phi) is 4.26. The molecule has 2 amide bonds. The van der Waals surface area contributed by atoms with Crippen LogP contribution >= 0.6 is 0 Å². The van der Waals surface area contributed by atoms with Gasteiger partial charge in [0.05, 0.1) is 6.10 Å². The number of likely N-dealkylation sites (tertiary alicyclic amines) is 1. The summed E-state index contributed by atoms with van der Waals surface area (Å²) in [5.74, 6) is -0.728. The van der Waals surface area contributed by atoms with Gasteiger partial charge in [-0.3, -0.25) is 0 Å². The van der Waals surface area contributed by atoms with E-state index in [1.807, 2.05) is 0 Å². The lowest BCUT2D eigenvalue weighted by molar-refractivity contribution is -0.146. The zero-order chi connectivity index (χ0) is 14.0. The molecule has 1 aliphatic heterocycles. The van der Waals surface area contributed by atoms with Gasteiger partial charge in [0, 0.05) is 32.0 Å². The highest BCUT2D eigenvalue weighted by Crippen LogP contribution is 2.37. The Bertz CT molecular complexity index is 362. The molecule has 1 saturated carbocycles. The minimum Gasteiger partial charge on any atom is -0.479 e. The molecule has 2 aliphatic rings. The molecule has 2 rings (SSSR count). The summed E-state index contributed by atoms with van der Waals surface area (Å²) in [6.07, 6.45) is 0.00423. The fraction of sp³-hybridized carbons (Fsp3) is 0.833. The van der Waals surface area contributed by atoms with E-state index in [4.69, 9.17) is 10.2 Å². The van der Waals surface area contributed by atoms with Gasteiger partial charge in [0.1, 0.15) is 0 Å². The highest BCUT2D eigenvalue weighted by Gasteiger charge is 2.43. The second-order valence-corrected chi connectivity index (χ2v) is 5.35. The minimum atomic E-state index is -1.44. The number of carboxylic acid groups (broad SMARTS) is 1. The highest BCUT2D eigenvalue weighted by atomic mass is 16.4. The summed E-state index contributed by atoms with van der Waals surface area (Å²) in [6.45, 7) is 1.33. The SMILES string of the molecule is O=C(O)[C@@H](O)CCNC(=O)N1CC2CCC(O)C2C1. The van der Waals surface area contributed by atoms with Gasteiger partial charge in [0.25, 0.3) is 0 Å². The third kappa shape index (κ3) is 3.16. The number of carboxylic acids is 1. The lowest BCUT2D eigenvalue weighted by atomic mass is 10.00. The van der Waals surface area contributed by atoms with Crippen molar-refractivity contribution in [1.29, 1.82) is 0 Å². The summed E-state index contributed by atoms with van der Waals surface area (Å²) in [5.41, 5.74) is 0. The van der Waals surface area contributed by atoms with Crippen LogP contribution in [0.15, 0.2) is 0 Å². The van der Waals surface area contributed by atoms with Crippen LogP contribution in [0.2, 0.25) is 0 Å². The molecule has 0 aromatic rings. The number of aliphatic hydroxyl groups is 2. The van der Waals surface area contributed by atoms with Crippen molar-refractivity contribution in [3.05, 3.63) is 0 Å². The first kappa shape index (κ1) is 14.1. The number of aliphatic carboxylic acids is 1. The molecule has 3 unspecified atom stereocenters. The molecule has 1 saturated heterocycles. The van der Waals surface area contributed by atoms with Gasteiger partial charge in [-0.05, 0) is 18.8 Å². The van der Waals surface area contributed by atoms with E-state index in [1.165, 1.54) is 0 Å². The van der Waals surface area contributed by atoms with E-state index in [-0.39, 0.29) is 31.0 Å². The van der Waals surface area contributed by atoms with Crippen LogP contribution in [0.4, 0.5) is 4.79 Å². The van der Waals surface area contributed by atoms with E-state index in [0.717, 1.165) is 12.8 Å². The van der Waals surface area contributed by atoms with Gasteiger partial charge in [-0.1, -0.05) is 0 Å². The number of urea groups is 1. The number of hydrogen-bond donors (Lipinski definition) is 4. The number of carbonyl (C=O) groups excluding carboxylic acids is 1. The van der Waals surface area contributed by atoms with Crippen LogP contribution < -0.4 is 5.32 Å². The number of amides is 2. The van der Waals surface area contributed by atoms with Crippen LogP contribution in [0.5, 0.6) is 0 Å². The molecule has 0 spiro atoms. The van der Waals surface area contributed by atoms with Crippen molar-refractivity contribution in [2.24, 2.45) is 11.8 Å². The van der Waals surface area contributed by atoms with Crippen molar-refractivity contribution in [2.75, 3.05) is 19.6 Å². The Morgan fingerprint density at radius 1 is 1.32 bits per heavy atom. The van der Waals surface area contributed by atoms with Gasteiger partial charge >= 0.3 is 12.0 Å². The minimum absolute atomic E-state index is 0.00953. The predicted molar refractivity (Wildman–Crippen MR) is 65.5 cm³/mol. The van der Waals surface area contributed by atoms with E-state index in [2.05, 4.69) is 5.32 Å². The predicted octanol–water partition coefficient (Wildman–Crippen LogP) is -0.766. The summed E-state index contributed by atoms with van der Waals surface area (Å²) < 4.78 is 0. The van der Waals surface area contributed by atoms with Gasteiger partial charge in [0.15, 0.2) is 6.10 Å². The molecule has 4 atom stereocenters. The molecular weight excluding hydrogens is 252 g/mol. The van der Waals surface area contributed by atoms with Gasteiger partial charge < -0.3 is 25.5 Å². The Morgan fingerprint density at radius 3 is 2.68 bits per heavy atom. The maximum Gasteiger partial charge on any atom is 0.332 e. The first-order chi connectivity index (χ1) is 8.99. The maximum atomic E-state index is 11.8. The van der Waals surface area contributed by atoms with Gasteiger partial charge in [-0.15, -0.1) is 0 Å². The molecule has 19 heavy (non-hydrogen) atoms. The standard InChI is InChI=1S/C12H20N2O5/c15-9-2-1-7-5-14(6-8(7)9)12(19)13-4-3-10(16)11(17)18/h7-10,15-16H,1-6H2,(H,13,19)(H,17,18)/t7?,8?,9?,10-/m0/s1. The monoisotopic (exact) mass is 272 g/mol. The van der Waals surface area contributed by atoms with Crippen molar-refractivity contribution in [2.45, 2.75) is 31.5 Å². The van der Waals surface area contributed by atoms with E-state index in [9.17, 15) is 14.7 Å². The average molecular weight is 272 g/mol. The van der Waals surface area contributed by atoms with Crippen molar-refractivity contribution >= 4 is 12.0 Å². The van der Waals surface area contributed by atoms with Crippen molar-refractivity contribution in [3.8, 4) is 0 Å². The number of hydrogen-bond acceptors (Lipinski definition) is 4. The van der Waals surface area contributed by atoms with E-state index in [0.29, 0.717) is 19.0 Å². The summed E-state index contributed by atoms with van der Waals surface area (Å²) >= 11 is 0. The van der Waals surface area contributed by atoms with Gasteiger partial charge in [-0.2, -0.15) is 0 Å². The second kappa shape index (κ2) is 5.75.